The number of phosphoric ester groups is 2. The van der Waals surface area contributed by atoms with Crippen molar-refractivity contribution in [1.29, 1.82) is 0 Å². The minimum atomic E-state index is -4.97. The molecule has 0 aliphatic heterocycles. The van der Waals surface area contributed by atoms with Gasteiger partial charge in [0, 0.05) is 25.7 Å². The number of rotatable bonds is 88. The Morgan fingerprint density at radius 2 is 0.444 bits per heavy atom. The van der Waals surface area contributed by atoms with E-state index in [9.17, 15) is 43.2 Å². The topological polar surface area (TPSA) is 237 Å². The third-order valence-electron chi connectivity index (χ3n) is 21.7. The van der Waals surface area contributed by atoms with Crippen LogP contribution in [0.4, 0.5) is 0 Å². The number of hydrogen-bond acceptors (Lipinski definition) is 15. The van der Waals surface area contributed by atoms with Gasteiger partial charge in [0.25, 0.3) is 0 Å². The summed E-state index contributed by atoms with van der Waals surface area (Å²) < 4.78 is 68.9. The number of unbranched alkanes of at least 4 members (excludes halogenated alkanes) is 56. The molecule has 19 heteroatoms. The molecule has 0 aromatic rings. The Morgan fingerprint density at radius 1 is 0.259 bits per heavy atom. The number of hydrogen-bond donors (Lipinski definition) is 3. The average molecular weight is 1580 g/mol. The van der Waals surface area contributed by atoms with Crippen molar-refractivity contribution < 1.29 is 80.2 Å². The second-order valence-electron chi connectivity index (χ2n) is 32.5. The summed E-state index contributed by atoms with van der Waals surface area (Å²) in [6.45, 7) is 9.82. The molecular weight excluding hydrogens is 1400 g/mol. The van der Waals surface area contributed by atoms with E-state index in [-0.39, 0.29) is 25.7 Å². The Labute approximate surface area is 664 Å². The summed E-state index contributed by atoms with van der Waals surface area (Å²) in [5, 5.41) is 10.7. The number of esters is 4. The predicted octanol–water partition coefficient (Wildman–Crippen LogP) is 27.4. The van der Waals surface area contributed by atoms with Crippen LogP contribution in [0.5, 0.6) is 0 Å². The molecule has 4 unspecified atom stereocenters. The third-order valence-corrected chi connectivity index (χ3v) is 23.6. The normalized spacial score (nSPS) is 14.3. The van der Waals surface area contributed by atoms with Gasteiger partial charge in [-0.25, -0.2) is 9.13 Å². The highest BCUT2D eigenvalue weighted by Gasteiger charge is 2.31. The van der Waals surface area contributed by atoms with Crippen LogP contribution in [0, 0.1) is 11.8 Å². The molecule has 0 aromatic heterocycles. The van der Waals surface area contributed by atoms with E-state index in [1.54, 1.807) is 0 Å². The monoisotopic (exact) mass is 1580 g/mol. The van der Waals surface area contributed by atoms with Crippen molar-refractivity contribution in [3.05, 3.63) is 0 Å². The van der Waals surface area contributed by atoms with Crippen LogP contribution in [-0.2, 0) is 65.4 Å². The molecule has 108 heavy (non-hydrogen) atoms. The van der Waals surface area contributed by atoms with Crippen molar-refractivity contribution >= 4 is 39.5 Å². The maximum Gasteiger partial charge on any atom is 0.472 e. The number of carbonyl (C=O) groups excluding carboxylic acids is 4. The minimum absolute atomic E-state index is 0.108. The zero-order valence-electron chi connectivity index (χ0n) is 71.2. The molecule has 0 fully saturated rings. The molecule has 0 aliphatic rings. The molecule has 7 atom stereocenters. The van der Waals surface area contributed by atoms with Gasteiger partial charge in [0.05, 0.1) is 26.4 Å². The van der Waals surface area contributed by atoms with Crippen molar-refractivity contribution in [2.24, 2.45) is 11.8 Å². The number of aliphatic hydroxyl groups excluding tert-OH is 1. The molecule has 3 N–H and O–H groups in total. The molecule has 642 valence electrons. The van der Waals surface area contributed by atoms with E-state index in [1.807, 2.05) is 0 Å². The molecule has 0 bridgehead atoms. The maximum absolute atomic E-state index is 13.2. The lowest BCUT2D eigenvalue weighted by Gasteiger charge is -2.21. The Kier molecular flexibility index (Phi) is 78.8. The van der Waals surface area contributed by atoms with E-state index < -0.39 is 97.5 Å². The summed E-state index contributed by atoms with van der Waals surface area (Å²) >= 11 is 0. The average Bonchev–Trinajstić information content (AvgIpc) is 0.900. The lowest BCUT2D eigenvalue weighted by molar-refractivity contribution is -0.161. The fourth-order valence-electron chi connectivity index (χ4n) is 13.9. The Morgan fingerprint density at radius 3 is 0.657 bits per heavy atom. The smallest absolute Gasteiger partial charge is 0.462 e. The van der Waals surface area contributed by atoms with Crippen molar-refractivity contribution in [3.63, 3.8) is 0 Å². The van der Waals surface area contributed by atoms with Gasteiger partial charge in [-0.2, -0.15) is 0 Å². The highest BCUT2D eigenvalue weighted by atomic mass is 31.2. The van der Waals surface area contributed by atoms with Crippen molar-refractivity contribution in [1.82, 2.24) is 0 Å². The van der Waals surface area contributed by atoms with Crippen molar-refractivity contribution in [3.8, 4) is 0 Å². The molecule has 0 aliphatic carbocycles. The zero-order valence-corrected chi connectivity index (χ0v) is 73.0. The number of ether oxygens (including phenoxy) is 4. The van der Waals surface area contributed by atoms with Crippen molar-refractivity contribution in [2.75, 3.05) is 39.6 Å². The molecule has 0 saturated heterocycles. The van der Waals surface area contributed by atoms with Crippen molar-refractivity contribution in [2.45, 2.75) is 496 Å². The summed E-state index contributed by atoms with van der Waals surface area (Å²) in [6, 6.07) is 0. The summed E-state index contributed by atoms with van der Waals surface area (Å²) in [5.41, 5.74) is 0. The molecule has 17 nitrogen and oxygen atoms in total. The van der Waals surface area contributed by atoms with E-state index in [0.29, 0.717) is 25.7 Å². The number of phosphoric acid groups is 2. The SMILES string of the molecule is CCCCCCCCCCCCCCC(=O)OC[C@H](COP(=O)(O)OC[C@H](O)COP(=O)(O)OC[C@@H](COC(=O)CCCCCCCCCCCCCCCCCCCCC(C)CC)OC(=O)CCCCCCCCCCCCCCCCCCCCC(C)CC)OC(=O)CCCCCCCCCCCCCC. The Balaban J connectivity index is 5.21. The van der Waals surface area contributed by atoms with Gasteiger partial charge in [0.15, 0.2) is 12.2 Å². The van der Waals surface area contributed by atoms with E-state index >= 15 is 0 Å². The lowest BCUT2D eigenvalue weighted by atomic mass is 9.99. The predicted molar refractivity (Wildman–Crippen MR) is 446 cm³/mol. The van der Waals surface area contributed by atoms with Crippen LogP contribution in [0.1, 0.15) is 478 Å². The van der Waals surface area contributed by atoms with Gasteiger partial charge in [-0.3, -0.25) is 37.3 Å². The Bertz CT molecular complexity index is 2070. The largest absolute Gasteiger partial charge is 0.472 e. The second-order valence-corrected chi connectivity index (χ2v) is 35.4. The Hall–Kier alpha value is -1.94. The third kappa shape index (κ3) is 79.3. The number of carbonyl (C=O) groups is 4. The molecule has 0 amide bonds. The van der Waals surface area contributed by atoms with Gasteiger partial charge in [0.2, 0.25) is 0 Å². The molecular formula is C89H174O17P2. The lowest BCUT2D eigenvalue weighted by Crippen LogP contribution is -2.30. The van der Waals surface area contributed by atoms with Gasteiger partial charge in [-0.15, -0.1) is 0 Å². The minimum Gasteiger partial charge on any atom is -0.462 e. The highest BCUT2D eigenvalue weighted by Crippen LogP contribution is 2.45. The fourth-order valence-corrected chi connectivity index (χ4v) is 15.5. The first-order valence-corrected chi connectivity index (χ1v) is 49.1. The first-order valence-electron chi connectivity index (χ1n) is 46.1. The van der Waals surface area contributed by atoms with Gasteiger partial charge < -0.3 is 33.8 Å². The summed E-state index contributed by atoms with van der Waals surface area (Å²) in [4.78, 5) is 73.3. The first kappa shape index (κ1) is 106. The van der Waals surface area contributed by atoms with E-state index in [4.69, 9.17) is 37.0 Å². The maximum atomic E-state index is 13.2. The van der Waals surface area contributed by atoms with E-state index in [1.165, 1.54) is 295 Å². The van der Waals surface area contributed by atoms with Gasteiger partial charge in [0.1, 0.15) is 19.3 Å². The van der Waals surface area contributed by atoms with Crippen LogP contribution in [0.25, 0.3) is 0 Å². The molecule has 0 aromatic carbocycles. The molecule has 0 heterocycles. The van der Waals surface area contributed by atoms with Crippen LogP contribution in [0.15, 0.2) is 0 Å². The second kappa shape index (κ2) is 80.3. The molecule has 0 rings (SSSR count). The number of aliphatic hydroxyl groups is 1. The van der Waals surface area contributed by atoms with Crippen LogP contribution in [0.2, 0.25) is 0 Å². The van der Waals surface area contributed by atoms with Crippen LogP contribution < -0.4 is 0 Å². The van der Waals surface area contributed by atoms with E-state index in [2.05, 4.69) is 41.5 Å². The molecule has 0 saturated carbocycles. The molecule has 0 radical (unpaired) electrons. The van der Waals surface area contributed by atoms with Crippen LogP contribution >= 0.6 is 15.6 Å². The van der Waals surface area contributed by atoms with E-state index in [0.717, 1.165) is 102 Å². The van der Waals surface area contributed by atoms with Gasteiger partial charge >= 0.3 is 39.5 Å². The first-order chi connectivity index (χ1) is 52.4. The summed E-state index contributed by atoms with van der Waals surface area (Å²) in [7, 11) is -9.93. The fraction of sp³-hybridized carbons (Fsp3) is 0.955. The molecule has 0 spiro atoms. The van der Waals surface area contributed by atoms with Gasteiger partial charge in [-0.1, -0.05) is 427 Å². The standard InChI is InChI=1S/C89H174O17P2/c1-7-11-13-15-17-19-21-41-47-53-59-65-71-86(91)99-77-84(105-88(93)73-67-61-55-49-42-22-20-18-16-14-12-8-2)79-103-107(95,96)101-75-83(90)76-102-108(97,98)104-80-85(106-89(94)74-68-62-56-50-44-38-34-30-26-24-28-32-36-40-46-52-58-64-70-82(6)10-4)78-100-87(92)72-66-60-54-48-43-37-33-29-25-23-27-31-35-39-45-51-57-63-69-81(5)9-3/h81-85,90H,7-80H2,1-6H3,(H,95,96)(H,97,98)/t81?,82?,83-,84+,85+/m0/s1. The quantitative estimate of drug-likeness (QED) is 0.0222. The van der Waals surface area contributed by atoms with Gasteiger partial charge in [-0.05, 0) is 37.5 Å². The highest BCUT2D eigenvalue weighted by molar-refractivity contribution is 7.47. The summed E-state index contributed by atoms with van der Waals surface area (Å²) in [5.74, 6) is -0.352. The summed E-state index contributed by atoms with van der Waals surface area (Å²) in [6.07, 6.45) is 73.5. The van der Waals surface area contributed by atoms with Crippen LogP contribution in [-0.4, -0.2) is 96.7 Å². The van der Waals surface area contributed by atoms with Crippen LogP contribution in [0.3, 0.4) is 0 Å². The zero-order chi connectivity index (χ0) is 79.2.